The van der Waals surface area contributed by atoms with Crippen molar-refractivity contribution in [3.63, 3.8) is 0 Å². The molecule has 0 rings (SSSR count). The number of hydrogen-bond acceptors (Lipinski definition) is 3. The topological polar surface area (TPSA) is 60.8 Å². The molecule has 0 saturated carbocycles. The average Bonchev–Trinajstić information content (AvgIpc) is 2.02. The van der Waals surface area contributed by atoms with Gasteiger partial charge in [0.1, 0.15) is 6.23 Å². The van der Waals surface area contributed by atoms with Gasteiger partial charge in [-0.2, -0.15) is 0 Å². The maximum Gasteiger partial charge on any atom is 0.247 e. The van der Waals surface area contributed by atoms with E-state index in [0.29, 0.717) is 0 Å². The van der Waals surface area contributed by atoms with Crippen LogP contribution in [0.4, 0.5) is 0 Å². The van der Waals surface area contributed by atoms with Crippen LogP contribution in [-0.4, -0.2) is 40.9 Å². The molecular formula is C7H13NO3. The summed E-state index contributed by atoms with van der Waals surface area (Å²) in [5.74, 6) is -0.356. The third kappa shape index (κ3) is 3.15. The minimum absolute atomic E-state index is 0.143. The monoisotopic (exact) mass is 159 g/mol. The summed E-state index contributed by atoms with van der Waals surface area (Å²) >= 11 is 0. The number of likely N-dealkylation sites (N-methyl/N-ethyl adjacent to an activating group) is 1. The molecule has 0 spiro atoms. The van der Waals surface area contributed by atoms with Gasteiger partial charge in [0, 0.05) is 20.1 Å². The van der Waals surface area contributed by atoms with Gasteiger partial charge in [-0.05, 0) is 6.08 Å². The van der Waals surface area contributed by atoms with Gasteiger partial charge in [-0.25, -0.2) is 0 Å². The molecule has 11 heavy (non-hydrogen) atoms. The Balaban J connectivity index is 3.89. The first-order valence-corrected chi connectivity index (χ1v) is 3.31. The van der Waals surface area contributed by atoms with Crippen LogP contribution in [0, 0.1) is 0 Å². The third-order valence-electron chi connectivity index (χ3n) is 1.36. The van der Waals surface area contributed by atoms with Crippen LogP contribution in [0.5, 0.6) is 0 Å². The number of carbonyl (C=O) groups excluding carboxylic acids is 1. The number of nitrogens with zero attached hydrogens (tertiary/aromatic N) is 1. The zero-order chi connectivity index (χ0) is 8.85. The molecule has 0 saturated heterocycles. The molecule has 0 radical (unpaired) electrons. The van der Waals surface area contributed by atoms with Crippen molar-refractivity contribution in [3.05, 3.63) is 12.7 Å². The van der Waals surface area contributed by atoms with E-state index in [4.69, 9.17) is 10.2 Å². The highest BCUT2D eigenvalue weighted by molar-refractivity contribution is 5.86. The van der Waals surface area contributed by atoms with Gasteiger partial charge in [0.05, 0.1) is 0 Å². The second-order valence-corrected chi connectivity index (χ2v) is 2.15. The molecule has 0 aliphatic carbocycles. The number of aliphatic hydroxyl groups excluding tert-OH is 2. The fourth-order valence-corrected chi connectivity index (χ4v) is 0.600. The molecule has 0 fully saturated rings. The van der Waals surface area contributed by atoms with Crippen LogP contribution in [0.15, 0.2) is 12.7 Å². The molecule has 0 aliphatic heterocycles. The number of amides is 1. The first kappa shape index (κ1) is 10.1. The van der Waals surface area contributed by atoms with E-state index in [1.165, 1.54) is 7.05 Å². The van der Waals surface area contributed by atoms with Crippen LogP contribution < -0.4 is 0 Å². The van der Waals surface area contributed by atoms with Crippen molar-refractivity contribution in [3.8, 4) is 0 Å². The Kier molecular flexibility index (Phi) is 4.49. The summed E-state index contributed by atoms with van der Waals surface area (Å²) in [6.45, 7) is 3.12. The van der Waals surface area contributed by atoms with E-state index >= 15 is 0 Å². The summed E-state index contributed by atoms with van der Waals surface area (Å²) in [5, 5.41) is 17.5. The maximum absolute atomic E-state index is 10.8. The first-order chi connectivity index (χ1) is 5.13. The summed E-state index contributed by atoms with van der Waals surface area (Å²) in [6.07, 6.45) is 0.349. The van der Waals surface area contributed by atoms with E-state index in [1.807, 2.05) is 0 Å². The highest BCUT2D eigenvalue weighted by atomic mass is 16.3. The zero-order valence-electron chi connectivity index (χ0n) is 6.53. The lowest BCUT2D eigenvalue weighted by Gasteiger charge is -2.21. The van der Waals surface area contributed by atoms with Crippen molar-refractivity contribution >= 4 is 5.91 Å². The Morgan fingerprint density at radius 2 is 2.36 bits per heavy atom. The molecular weight excluding hydrogens is 146 g/mol. The Morgan fingerprint density at radius 3 is 2.73 bits per heavy atom. The lowest BCUT2D eigenvalue weighted by molar-refractivity contribution is -0.134. The molecule has 64 valence electrons. The normalized spacial score (nSPS) is 12.3. The van der Waals surface area contributed by atoms with Crippen LogP contribution in [0.25, 0.3) is 0 Å². The van der Waals surface area contributed by atoms with Crippen LogP contribution in [0.1, 0.15) is 6.42 Å². The van der Waals surface area contributed by atoms with Crippen molar-refractivity contribution in [2.24, 2.45) is 0 Å². The van der Waals surface area contributed by atoms with Gasteiger partial charge < -0.3 is 15.1 Å². The highest BCUT2D eigenvalue weighted by Gasteiger charge is 2.12. The fraction of sp³-hybridized carbons (Fsp3) is 0.571. The van der Waals surface area contributed by atoms with E-state index in [2.05, 4.69) is 6.58 Å². The van der Waals surface area contributed by atoms with E-state index in [1.54, 1.807) is 0 Å². The van der Waals surface area contributed by atoms with Gasteiger partial charge >= 0.3 is 0 Å². The highest BCUT2D eigenvalue weighted by Crippen LogP contribution is 1.97. The predicted molar refractivity (Wildman–Crippen MR) is 40.7 cm³/mol. The second-order valence-electron chi connectivity index (χ2n) is 2.15. The summed E-state index contributed by atoms with van der Waals surface area (Å²) in [4.78, 5) is 11.9. The zero-order valence-corrected chi connectivity index (χ0v) is 6.53. The molecule has 1 amide bonds. The Hall–Kier alpha value is -0.870. The Morgan fingerprint density at radius 1 is 1.82 bits per heavy atom. The lowest BCUT2D eigenvalue weighted by atomic mass is 10.3. The maximum atomic E-state index is 10.8. The van der Waals surface area contributed by atoms with Crippen molar-refractivity contribution < 1.29 is 15.0 Å². The van der Waals surface area contributed by atoms with E-state index in [9.17, 15) is 4.79 Å². The summed E-state index contributed by atoms with van der Waals surface area (Å²) in [6, 6.07) is 0. The number of hydrogen-bond donors (Lipinski definition) is 2. The van der Waals surface area contributed by atoms with Crippen LogP contribution in [-0.2, 0) is 4.79 Å². The fourth-order valence-electron chi connectivity index (χ4n) is 0.600. The summed E-state index contributed by atoms with van der Waals surface area (Å²) in [5.41, 5.74) is 0. The van der Waals surface area contributed by atoms with Crippen molar-refractivity contribution in [2.45, 2.75) is 12.6 Å². The molecule has 0 aliphatic rings. The lowest BCUT2D eigenvalue weighted by Crippen LogP contribution is -2.36. The average molecular weight is 159 g/mol. The standard InChI is InChI=1S/C7H13NO3/c1-3-6(10)8(2)7(11)4-5-9/h3,7,9,11H,1,4-5H2,2H3. The van der Waals surface area contributed by atoms with Crippen LogP contribution in [0.2, 0.25) is 0 Å². The molecule has 4 heteroatoms. The molecule has 0 bridgehead atoms. The largest absolute Gasteiger partial charge is 0.396 e. The Bertz CT molecular complexity index is 147. The number of aliphatic hydroxyl groups is 2. The molecule has 0 aromatic rings. The SMILES string of the molecule is C=CC(=O)N(C)C(O)CCO. The van der Waals surface area contributed by atoms with Crippen LogP contribution >= 0.6 is 0 Å². The molecule has 0 aromatic carbocycles. The van der Waals surface area contributed by atoms with E-state index < -0.39 is 6.23 Å². The molecule has 1 unspecified atom stereocenters. The van der Waals surface area contributed by atoms with Gasteiger partial charge in [-0.15, -0.1) is 0 Å². The Labute approximate surface area is 65.7 Å². The minimum atomic E-state index is -0.925. The summed E-state index contributed by atoms with van der Waals surface area (Å²) < 4.78 is 0. The predicted octanol–water partition coefficient (Wildman–Crippen LogP) is -0.668. The van der Waals surface area contributed by atoms with Gasteiger partial charge in [0.2, 0.25) is 5.91 Å². The van der Waals surface area contributed by atoms with Crippen molar-refractivity contribution in [1.29, 1.82) is 0 Å². The molecule has 2 N–H and O–H groups in total. The minimum Gasteiger partial charge on any atom is -0.396 e. The van der Waals surface area contributed by atoms with Gasteiger partial charge in [0.15, 0.2) is 0 Å². The quantitative estimate of drug-likeness (QED) is 0.422. The van der Waals surface area contributed by atoms with Crippen molar-refractivity contribution in [1.82, 2.24) is 4.90 Å². The van der Waals surface area contributed by atoms with Gasteiger partial charge in [-0.3, -0.25) is 4.79 Å². The van der Waals surface area contributed by atoms with Gasteiger partial charge in [0.25, 0.3) is 0 Å². The molecule has 4 nitrogen and oxygen atoms in total. The number of carbonyl (C=O) groups is 1. The van der Waals surface area contributed by atoms with Crippen LogP contribution in [0.3, 0.4) is 0 Å². The van der Waals surface area contributed by atoms with Crippen molar-refractivity contribution in [2.75, 3.05) is 13.7 Å². The van der Waals surface area contributed by atoms with E-state index in [-0.39, 0.29) is 18.9 Å². The van der Waals surface area contributed by atoms with E-state index in [0.717, 1.165) is 11.0 Å². The molecule has 0 aromatic heterocycles. The first-order valence-electron chi connectivity index (χ1n) is 3.31. The molecule has 0 heterocycles. The third-order valence-corrected chi connectivity index (χ3v) is 1.36. The number of rotatable bonds is 4. The smallest absolute Gasteiger partial charge is 0.247 e. The summed E-state index contributed by atoms with van der Waals surface area (Å²) in [7, 11) is 1.45. The van der Waals surface area contributed by atoms with Gasteiger partial charge in [-0.1, -0.05) is 6.58 Å². The second kappa shape index (κ2) is 4.87. The molecule has 1 atom stereocenters.